The van der Waals surface area contributed by atoms with Crippen molar-refractivity contribution in [1.29, 1.82) is 5.26 Å². The molecule has 0 bridgehead atoms. The molecule has 0 spiro atoms. The summed E-state index contributed by atoms with van der Waals surface area (Å²) in [7, 11) is 0. The van der Waals surface area contributed by atoms with Crippen molar-refractivity contribution in [2.45, 2.75) is 12.5 Å². The van der Waals surface area contributed by atoms with Gasteiger partial charge in [0.2, 0.25) is 5.91 Å². The number of hydrogen-bond donors (Lipinski definition) is 2. The third-order valence-corrected chi connectivity index (χ3v) is 3.48. The molecule has 18 heavy (non-hydrogen) atoms. The molecule has 0 aromatic heterocycles. The van der Waals surface area contributed by atoms with Crippen LogP contribution in [-0.4, -0.2) is 31.6 Å². The van der Waals surface area contributed by atoms with Gasteiger partial charge in [0.25, 0.3) is 0 Å². The summed E-state index contributed by atoms with van der Waals surface area (Å²) < 4.78 is 0. The Balaban J connectivity index is 2.01. The van der Waals surface area contributed by atoms with Crippen LogP contribution in [0, 0.1) is 11.3 Å². The Morgan fingerprint density at radius 1 is 1.44 bits per heavy atom. The number of benzene rings is 1. The normalized spacial score (nSPS) is 22.3. The molecule has 5 nitrogen and oxygen atoms in total. The molecule has 1 saturated heterocycles. The fourth-order valence-electron chi connectivity index (χ4n) is 2.61. The van der Waals surface area contributed by atoms with Crippen LogP contribution in [0.1, 0.15) is 12.0 Å². The highest BCUT2D eigenvalue weighted by Crippen LogP contribution is 2.32. The lowest BCUT2D eigenvalue weighted by atomic mass is 10.1. The van der Waals surface area contributed by atoms with Crippen LogP contribution in [0.15, 0.2) is 18.2 Å². The van der Waals surface area contributed by atoms with Gasteiger partial charge in [-0.05, 0) is 31.2 Å². The van der Waals surface area contributed by atoms with E-state index in [-0.39, 0.29) is 11.9 Å². The molecular weight excluding hydrogens is 228 g/mol. The van der Waals surface area contributed by atoms with Crippen LogP contribution in [0.5, 0.6) is 0 Å². The fraction of sp³-hybridized carbons (Fsp3) is 0.385. The molecule has 0 radical (unpaired) electrons. The average molecular weight is 242 g/mol. The first-order valence-electron chi connectivity index (χ1n) is 6.10. The molecule has 0 aliphatic carbocycles. The van der Waals surface area contributed by atoms with Gasteiger partial charge >= 0.3 is 0 Å². The van der Waals surface area contributed by atoms with Crippen molar-refractivity contribution in [3.8, 4) is 6.07 Å². The van der Waals surface area contributed by atoms with Crippen molar-refractivity contribution in [1.82, 2.24) is 5.32 Å². The summed E-state index contributed by atoms with van der Waals surface area (Å²) in [6, 6.07) is 7.76. The average Bonchev–Trinajstić information content (AvgIpc) is 2.91. The van der Waals surface area contributed by atoms with Crippen LogP contribution in [0.2, 0.25) is 0 Å². The molecule has 1 aromatic rings. The second-order valence-corrected chi connectivity index (χ2v) is 4.61. The van der Waals surface area contributed by atoms with Crippen LogP contribution in [-0.2, 0) is 4.79 Å². The smallest absolute Gasteiger partial charge is 0.246 e. The number of hydrogen-bond acceptors (Lipinski definition) is 4. The molecule has 2 aliphatic rings. The van der Waals surface area contributed by atoms with E-state index in [4.69, 9.17) is 5.26 Å². The predicted molar refractivity (Wildman–Crippen MR) is 68.4 cm³/mol. The monoisotopic (exact) mass is 242 g/mol. The molecule has 1 aromatic carbocycles. The van der Waals surface area contributed by atoms with Gasteiger partial charge in [0, 0.05) is 6.54 Å². The number of nitrogens with one attached hydrogen (secondary N) is 2. The van der Waals surface area contributed by atoms with Crippen LogP contribution in [0.4, 0.5) is 11.4 Å². The molecule has 92 valence electrons. The van der Waals surface area contributed by atoms with E-state index < -0.39 is 0 Å². The first kappa shape index (κ1) is 11.1. The van der Waals surface area contributed by atoms with Crippen LogP contribution in [0.25, 0.3) is 0 Å². The van der Waals surface area contributed by atoms with E-state index in [1.54, 1.807) is 12.1 Å². The third kappa shape index (κ3) is 1.71. The molecule has 1 fully saturated rings. The molecule has 1 amide bonds. The van der Waals surface area contributed by atoms with Gasteiger partial charge in [0.15, 0.2) is 0 Å². The van der Waals surface area contributed by atoms with Gasteiger partial charge < -0.3 is 15.5 Å². The van der Waals surface area contributed by atoms with Gasteiger partial charge in [-0.1, -0.05) is 0 Å². The fourth-order valence-corrected chi connectivity index (χ4v) is 2.61. The van der Waals surface area contributed by atoms with E-state index in [0.717, 1.165) is 30.9 Å². The number of fused-ring (bicyclic) bond motifs is 1. The minimum Gasteiger partial charge on any atom is -0.374 e. The Bertz CT molecular complexity index is 528. The molecule has 2 aliphatic heterocycles. The van der Waals surface area contributed by atoms with Gasteiger partial charge in [-0.25, -0.2) is 0 Å². The number of rotatable bonds is 1. The number of nitriles is 1. The predicted octanol–water partition coefficient (Wildman–Crippen LogP) is 0.679. The minimum absolute atomic E-state index is 0.0981. The maximum absolute atomic E-state index is 12.1. The highest BCUT2D eigenvalue weighted by Gasteiger charge is 2.32. The molecule has 5 heteroatoms. The van der Waals surface area contributed by atoms with Crippen LogP contribution < -0.4 is 15.5 Å². The van der Waals surface area contributed by atoms with E-state index in [2.05, 4.69) is 16.7 Å². The lowest BCUT2D eigenvalue weighted by Crippen LogP contribution is -2.47. The summed E-state index contributed by atoms with van der Waals surface area (Å²) >= 11 is 0. The zero-order chi connectivity index (χ0) is 12.5. The zero-order valence-electron chi connectivity index (χ0n) is 9.94. The standard InChI is InChI=1S/C13H14N4O/c14-6-9-1-2-12-11(5-9)16-8-13(18)17(12)10-3-4-15-7-10/h1-2,5,10,15-16H,3-4,7-8H2. The van der Waals surface area contributed by atoms with Gasteiger partial charge in [-0.15, -0.1) is 0 Å². The maximum Gasteiger partial charge on any atom is 0.246 e. The Hall–Kier alpha value is -2.06. The second-order valence-electron chi connectivity index (χ2n) is 4.61. The molecular formula is C13H14N4O. The summed E-state index contributed by atoms with van der Waals surface area (Å²) in [5.74, 6) is 0.0981. The van der Waals surface area contributed by atoms with Crippen molar-refractivity contribution < 1.29 is 4.79 Å². The quantitative estimate of drug-likeness (QED) is 0.760. The zero-order valence-corrected chi connectivity index (χ0v) is 9.94. The molecule has 3 rings (SSSR count). The van der Waals surface area contributed by atoms with E-state index in [1.165, 1.54) is 0 Å². The topological polar surface area (TPSA) is 68.2 Å². The molecule has 1 atom stereocenters. The van der Waals surface area contributed by atoms with Crippen molar-refractivity contribution >= 4 is 17.3 Å². The van der Waals surface area contributed by atoms with Crippen molar-refractivity contribution in [3.63, 3.8) is 0 Å². The van der Waals surface area contributed by atoms with Gasteiger partial charge in [-0.3, -0.25) is 4.79 Å². The summed E-state index contributed by atoms with van der Waals surface area (Å²) in [6.45, 7) is 2.09. The summed E-state index contributed by atoms with van der Waals surface area (Å²) in [5.41, 5.74) is 2.37. The summed E-state index contributed by atoms with van der Waals surface area (Å²) in [4.78, 5) is 13.9. The Kier molecular flexibility index (Phi) is 2.65. The highest BCUT2D eigenvalue weighted by atomic mass is 16.2. The number of nitrogens with zero attached hydrogens (tertiary/aromatic N) is 2. The Morgan fingerprint density at radius 3 is 3.06 bits per heavy atom. The van der Waals surface area contributed by atoms with Gasteiger partial charge in [-0.2, -0.15) is 5.26 Å². The summed E-state index contributed by atoms with van der Waals surface area (Å²) in [5, 5.41) is 15.3. The molecule has 1 unspecified atom stereocenters. The number of anilines is 2. The Morgan fingerprint density at radius 2 is 2.33 bits per heavy atom. The van der Waals surface area contributed by atoms with E-state index >= 15 is 0 Å². The van der Waals surface area contributed by atoms with Crippen molar-refractivity contribution in [2.75, 3.05) is 29.9 Å². The first-order chi connectivity index (χ1) is 8.79. The second kappa shape index (κ2) is 4.31. The highest BCUT2D eigenvalue weighted by molar-refractivity contribution is 6.03. The van der Waals surface area contributed by atoms with E-state index in [1.807, 2.05) is 11.0 Å². The first-order valence-corrected chi connectivity index (χ1v) is 6.10. The SMILES string of the molecule is N#Cc1ccc2c(c1)NCC(=O)N2C1CCNC1. The van der Waals surface area contributed by atoms with E-state index in [9.17, 15) is 4.79 Å². The molecule has 2 N–H and O–H groups in total. The Labute approximate surface area is 105 Å². The van der Waals surface area contributed by atoms with E-state index in [0.29, 0.717) is 12.1 Å². The van der Waals surface area contributed by atoms with Gasteiger partial charge in [0.1, 0.15) is 0 Å². The van der Waals surface area contributed by atoms with Crippen LogP contribution in [0.3, 0.4) is 0 Å². The third-order valence-electron chi connectivity index (χ3n) is 3.48. The minimum atomic E-state index is 0.0981. The largest absolute Gasteiger partial charge is 0.374 e. The maximum atomic E-state index is 12.1. The van der Waals surface area contributed by atoms with Gasteiger partial charge in [0.05, 0.1) is 35.6 Å². The molecule has 0 saturated carbocycles. The molecule has 2 heterocycles. The van der Waals surface area contributed by atoms with Crippen LogP contribution >= 0.6 is 0 Å². The number of carbonyl (C=O) groups is 1. The number of carbonyl (C=O) groups excluding carboxylic acids is 1. The van der Waals surface area contributed by atoms with Crippen molar-refractivity contribution in [3.05, 3.63) is 23.8 Å². The lowest BCUT2D eigenvalue weighted by Gasteiger charge is -2.34. The summed E-state index contributed by atoms with van der Waals surface area (Å²) in [6.07, 6.45) is 0.977. The van der Waals surface area contributed by atoms with Crippen molar-refractivity contribution in [2.24, 2.45) is 0 Å². The number of amides is 1. The lowest BCUT2D eigenvalue weighted by molar-refractivity contribution is -0.117.